The van der Waals surface area contributed by atoms with Gasteiger partial charge in [0.1, 0.15) is 0 Å². The molecule has 4 rings (SSSR count). The van der Waals surface area contributed by atoms with Crippen LogP contribution in [0.25, 0.3) is 11.1 Å². The highest BCUT2D eigenvalue weighted by molar-refractivity contribution is 5.77. The van der Waals surface area contributed by atoms with Gasteiger partial charge >= 0.3 is 0 Å². The molecule has 0 aromatic heterocycles. The van der Waals surface area contributed by atoms with E-state index in [0.717, 1.165) is 34.9 Å². The lowest BCUT2D eigenvalue weighted by Crippen LogP contribution is -2.28. The number of aryl methyl sites for hydroxylation is 1. The summed E-state index contributed by atoms with van der Waals surface area (Å²) in [5.41, 5.74) is 6.04. The molecule has 0 saturated heterocycles. The molecule has 152 valence electrons. The normalized spacial score (nSPS) is 16.5. The maximum atomic E-state index is 13.9. The number of hydrogen-bond acceptors (Lipinski definition) is 2. The van der Waals surface area contributed by atoms with Gasteiger partial charge in [-0.3, -0.25) is 4.99 Å². The Morgan fingerprint density at radius 3 is 2.37 bits per heavy atom. The lowest BCUT2D eigenvalue weighted by Gasteiger charge is -2.34. The van der Waals surface area contributed by atoms with E-state index in [4.69, 9.17) is 4.99 Å². The number of nitrogens with zero attached hydrogens (tertiary/aromatic N) is 2. The molecule has 30 heavy (non-hydrogen) atoms. The maximum Gasteiger partial charge on any atom is 0.270 e. The molecule has 1 unspecified atom stereocenters. The molecule has 1 aliphatic rings. The van der Waals surface area contributed by atoms with E-state index in [0.29, 0.717) is 5.69 Å². The Morgan fingerprint density at radius 1 is 0.867 bits per heavy atom. The molecule has 0 aliphatic carbocycles. The van der Waals surface area contributed by atoms with Gasteiger partial charge in [-0.1, -0.05) is 60.2 Å². The molecule has 3 aromatic rings. The number of benzene rings is 3. The summed E-state index contributed by atoms with van der Waals surface area (Å²) in [5.74, 6) is -2.90. The first-order valence-electron chi connectivity index (χ1n) is 9.97. The van der Waals surface area contributed by atoms with Gasteiger partial charge in [0.15, 0.2) is 6.17 Å². The third-order valence-corrected chi connectivity index (χ3v) is 5.30. The van der Waals surface area contributed by atoms with Crippen molar-refractivity contribution in [3.8, 4) is 11.1 Å². The first-order chi connectivity index (χ1) is 14.3. The molecule has 1 atom stereocenters. The van der Waals surface area contributed by atoms with Crippen molar-refractivity contribution in [2.24, 2.45) is 4.99 Å². The predicted molar refractivity (Wildman–Crippen MR) is 120 cm³/mol. The van der Waals surface area contributed by atoms with Crippen LogP contribution in [0, 0.1) is 6.92 Å². The van der Waals surface area contributed by atoms with E-state index in [1.165, 1.54) is 6.07 Å². The Balaban J connectivity index is 1.79. The molecule has 0 amide bonds. The fourth-order valence-electron chi connectivity index (χ4n) is 3.84. The van der Waals surface area contributed by atoms with E-state index in [1.54, 1.807) is 18.3 Å². The highest BCUT2D eigenvalue weighted by atomic mass is 19.3. The van der Waals surface area contributed by atoms with Crippen LogP contribution in [0.15, 0.2) is 89.6 Å². The molecule has 0 fully saturated rings. The summed E-state index contributed by atoms with van der Waals surface area (Å²) in [6, 6.07) is 23.1. The summed E-state index contributed by atoms with van der Waals surface area (Å²) in [7, 11) is 0. The van der Waals surface area contributed by atoms with Crippen molar-refractivity contribution in [3.05, 3.63) is 101 Å². The molecule has 0 N–H and O–H groups in total. The monoisotopic (exact) mass is 402 g/mol. The average Bonchev–Trinajstić information content (AvgIpc) is 2.73. The van der Waals surface area contributed by atoms with E-state index in [9.17, 15) is 8.78 Å². The van der Waals surface area contributed by atoms with Crippen LogP contribution in [-0.4, -0.2) is 6.21 Å². The third-order valence-electron chi connectivity index (χ3n) is 5.30. The minimum atomic E-state index is -2.90. The summed E-state index contributed by atoms with van der Waals surface area (Å²) in [4.78, 5) is 6.73. The van der Waals surface area contributed by atoms with Gasteiger partial charge in [0, 0.05) is 30.1 Å². The molecule has 1 heterocycles. The summed E-state index contributed by atoms with van der Waals surface area (Å²) in [5, 5.41) is 0. The predicted octanol–water partition coefficient (Wildman–Crippen LogP) is 7.27. The number of allylic oxidation sites excluding steroid dienone is 2. The van der Waals surface area contributed by atoms with Crippen LogP contribution in [0.5, 0.6) is 0 Å². The van der Waals surface area contributed by atoms with Gasteiger partial charge in [0.05, 0.1) is 0 Å². The Kier molecular flexibility index (Phi) is 5.25. The minimum Gasteiger partial charge on any atom is -0.319 e. The third kappa shape index (κ3) is 4.04. The molecular formula is C26H24F2N2. The van der Waals surface area contributed by atoms with Crippen molar-refractivity contribution >= 4 is 11.9 Å². The van der Waals surface area contributed by atoms with Gasteiger partial charge in [0.2, 0.25) is 0 Å². The first kappa shape index (κ1) is 20.0. The quantitative estimate of drug-likeness (QED) is 0.448. The number of alkyl halides is 2. The standard InChI is InChI=1S/C26H24F2N2/c1-18-14-21(20-8-5-4-6-9-20)16-22(15-18)25-29-13-12-19(2)30(25)24-11-7-10-23(17-24)26(3,27)28/h4-17,25H,1-3H3. The molecule has 3 aromatic carbocycles. The molecule has 0 radical (unpaired) electrons. The SMILES string of the molecule is CC1=CC=NC(c2cc(C)cc(-c3ccccc3)c2)N1c1cccc(C(C)(F)F)c1. The summed E-state index contributed by atoms with van der Waals surface area (Å²) in [6.07, 6.45) is 3.37. The lowest BCUT2D eigenvalue weighted by molar-refractivity contribution is 0.0175. The minimum absolute atomic E-state index is 0.00433. The van der Waals surface area contributed by atoms with Gasteiger partial charge < -0.3 is 4.90 Å². The van der Waals surface area contributed by atoms with Crippen molar-refractivity contribution in [1.82, 2.24) is 0 Å². The zero-order chi connectivity index (χ0) is 21.3. The molecule has 0 bridgehead atoms. The first-order valence-corrected chi connectivity index (χ1v) is 9.97. The maximum absolute atomic E-state index is 13.9. The van der Waals surface area contributed by atoms with E-state index in [1.807, 2.05) is 42.2 Å². The number of aliphatic imine (C=N–C) groups is 1. The van der Waals surface area contributed by atoms with Crippen LogP contribution in [0.2, 0.25) is 0 Å². The van der Waals surface area contributed by atoms with Crippen molar-refractivity contribution in [2.75, 3.05) is 4.90 Å². The van der Waals surface area contributed by atoms with Crippen LogP contribution in [0.3, 0.4) is 0 Å². The summed E-state index contributed by atoms with van der Waals surface area (Å²) in [6.45, 7) is 4.96. The Bertz CT molecular complexity index is 1110. The van der Waals surface area contributed by atoms with Crippen molar-refractivity contribution < 1.29 is 8.78 Å². The fourth-order valence-corrected chi connectivity index (χ4v) is 3.84. The van der Waals surface area contributed by atoms with E-state index >= 15 is 0 Å². The van der Waals surface area contributed by atoms with E-state index in [-0.39, 0.29) is 11.7 Å². The molecule has 4 heteroatoms. The van der Waals surface area contributed by atoms with Gasteiger partial charge in [-0.15, -0.1) is 0 Å². The van der Waals surface area contributed by atoms with Crippen molar-refractivity contribution in [2.45, 2.75) is 32.9 Å². The number of halogens is 2. The largest absolute Gasteiger partial charge is 0.319 e. The lowest BCUT2D eigenvalue weighted by atomic mass is 9.98. The second-order valence-corrected chi connectivity index (χ2v) is 7.79. The second kappa shape index (κ2) is 7.86. The molecule has 0 spiro atoms. The van der Waals surface area contributed by atoms with E-state index < -0.39 is 5.92 Å². The van der Waals surface area contributed by atoms with Crippen LogP contribution < -0.4 is 4.90 Å². The fraction of sp³-hybridized carbons (Fsp3) is 0.192. The summed E-state index contributed by atoms with van der Waals surface area (Å²) >= 11 is 0. The van der Waals surface area contributed by atoms with Crippen molar-refractivity contribution in [3.63, 3.8) is 0 Å². The number of rotatable bonds is 4. The highest BCUT2D eigenvalue weighted by Gasteiger charge is 2.28. The zero-order valence-electron chi connectivity index (χ0n) is 17.3. The van der Waals surface area contributed by atoms with Gasteiger partial charge in [-0.2, -0.15) is 0 Å². The molecular weight excluding hydrogens is 378 g/mol. The number of anilines is 1. The molecule has 1 aliphatic heterocycles. The van der Waals surface area contributed by atoms with E-state index in [2.05, 4.69) is 37.3 Å². The van der Waals surface area contributed by atoms with Gasteiger partial charge in [-0.25, -0.2) is 8.78 Å². The topological polar surface area (TPSA) is 15.6 Å². The van der Waals surface area contributed by atoms with Crippen LogP contribution in [0.4, 0.5) is 14.5 Å². The zero-order valence-corrected chi connectivity index (χ0v) is 17.3. The van der Waals surface area contributed by atoms with Gasteiger partial charge in [-0.05, 0) is 54.8 Å². The molecule has 2 nitrogen and oxygen atoms in total. The average molecular weight is 402 g/mol. The number of hydrogen-bond donors (Lipinski definition) is 0. The molecule has 0 saturated carbocycles. The van der Waals surface area contributed by atoms with Crippen LogP contribution in [0.1, 0.15) is 36.7 Å². The van der Waals surface area contributed by atoms with Gasteiger partial charge in [0.25, 0.3) is 5.92 Å². The van der Waals surface area contributed by atoms with Crippen molar-refractivity contribution in [1.29, 1.82) is 0 Å². The highest BCUT2D eigenvalue weighted by Crippen LogP contribution is 2.38. The van der Waals surface area contributed by atoms with Crippen LogP contribution in [-0.2, 0) is 5.92 Å². The Morgan fingerprint density at radius 2 is 1.63 bits per heavy atom. The second-order valence-electron chi connectivity index (χ2n) is 7.79. The Hall–Kier alpha value is -3.27. The van der Waals surface area contributed by atoms with Crippen LogP contribution >= 0.6 is 0 Å². The summed E-state index contributed by atoms with van der Waals surface area (Å²) < 4.78 is 27.9. The Labute approximate surface area is 176 Å². The smallest absolute Gasteiger partial charge is 0.270 e.